The second-order valence-electron chi connectivity index (χ2n) is 6.86. The molecule has 0 aliphatic heterocycles. The highest BCUT2D eigenvalue weighted by atomic mass is 16.1. The van der Waals surface area contributed by atoms with Gasteiger partial charge in [0.2, 0.25) is 0 Å². The quantitative estimate of drug-likeness (QED) is 0.495. The van der Waals surface area contributed by atoms with Crippen molar-refractivity contribution < 1.29 is 4.79 Å². The fourth-order valence-corrected chi connectivity index (χ4v) is 3.34. The van der Waals surface area contributed by atoms with Gasteiger partial charge >= 0.3 is 0 Å². The Morgan fingerprint density at radius 2 is 2.05 bits per heavy atom. The molecular weight excluding hydrogens is 256 g/mol. The van der Waals surface area contributed by atoms with Crippen LogP contribution in [0.15, 0.2) is 58.2 Å². The Labute approximate surface area is 128 Å². The van der Waals surface area contributed by atoms with Gasteiger partial charge in [-0.25, -0.2) is 0 Å². The molecule has 0 aromatic heterocycles. The van der Waals surface area contributed by atoms with Crippen molar-refractivity contribution in [3.63, 3.8) is 0 Å². The zero-order valence-electron chi connectivity index (χ0n) is 13.7. The van der Waals surface area contributed by atoms with Crippen LogP contribution in [0.2, 0.25) is 0 Å². The second kappa shape index (κ2) is 6.43. The summed E-state index contributed by atoms with van der Waals surface area (Å²) in [6.07, 6.45) is 15.9. The molecule has 2 aliphatic carbocycles. The minimum absolute atomic E-state index is 0.290. The van der Waals surface area contributed by atoms with E-state index in [1.807, 2.05) is 6.08 Å². The Morgan fingerprint density at radius 3 is 2.71 bits per heavy atom. The lowest BCUT2D eigenvalue weighted by atomic mass is 9.72. The summed E-state index contributed by atoms with van der Waals surface area (Å²) < 4.78 is 0. The lowest BCUT2D eigenvalue weighted by Gasteiger charge is -2.33. The van der Waals surface area contributed by atoms with E-state index >= 15 is 0 Å². The fraction of sp³-hybridized carbons (Fsp3) is 0.450. The van der Waals surface area contributed by atoms with Gasteiger partial charge in [0.1, 0.15) is 6.29 Å². The molecule has 0 radical (unpaired) electrons. The highest BCUT2D eigenvalue weighted by Gasteiger charge is 2.26. The molecule has 0 saturated carbocycles. The zero-order chi connectivity index (χ0) is 15.5. The highest BCUT2D eigenvalue weighted by Crippen LogP contribution is 2.41. The van der Waals surface area contributed by atoms with Gasteiger partial charge in [0.05, 0.1) is 0 Å². The number of hydrogen-bond acceptors (Lipinski definition) is 1. The van der Waals surface area contributed by atoms with Gasteiger partial charge in [0.25, 0.3) is 0 Å². The third-order valence-corrected chi connectivity index (χ3v) is 4.72. The Kier molecular flexibility index (Phi) is 4.82. The summed E-state index contributed by atoms with van der Waals surface area (Å²) in [6, 6.07) is 0. The standard InChI is InChI=1S/C20H26O/c1-15(18-9-8-17(14-18)11-13-21)7-10-19-16(2)6-5-12-20(19,3)4/h7-11,13H,5-6,12,14H2,1-4H3/b10-7+,17-11-,18-15-. The number of allylic oxidation sites excluding steroid dienone is 10. The van der Waals surface area contributed by atoms with E-state index in [1.165, 1.54) is 41.6 Å². The van der Waals surface area contributed by atoms with Gasteiger partial charge in [-0.3, -0.25) is 4.79 Å². The molecule has 0 unspecified atom stereocenters. The van der Waals surface area contributed by atoms with Gasteiger partial charge in [0, 0.05) is 0 Å². The van der Waals surface area contributed by atoms with E-state index in [9.17, 15) is 4.79 Å². The summed E-state index contributed by atoms with van der Waals surface area (Å²) in [5.41, 5.74) is 7.02. The van der Waals surface area contributed by atoms with Crippen molar-refractivity contribution in [2.45, 2.75) is 53.4 Å². The van der Waals surface area contributed by atoms with Crippen molar-refractivity contribution in [1.82, 2.24) is 0 Å². The first-order valence-electron chi connectivity index (χ1n) is 7.84. The molecule has 1 nitrogen and oxygen atoms in total. The fourth-order valence-electron chi connectivity index (χ4n) is 3.34. The molecule has 0 N–H and O–H groups in total. The predicted molar refractivity (Wildman–Crippen MR) is 90.1 cm³/mol. The monoisotopic (exact) mass is 282 g/mol. The minimum Gasteiger partial charge on any atom is -0.299 e. The maximum Gasteiger partial charge on any atom is 0.143 e. The molecule has 0 spiro atoms. The number of carbonyl (C=O) groups excluding carboxylic acids is 1. The molecule has 1 heteroatoms. The van der Waals surface area contributed by atoms with Gasteiger partial charge in [0.15, 0.2) is 0 Å². The average molecular weight is 282 g/mol. The maximum atomic E-state index is 10.5. The van der Waals surface area contributed by atoms with E-state index in [-0.39, 0.29) is 5.41 Å². The second-order valence-corrected chi connectivity index (χ2v) is 6.86. The van der Waals surface area contributed by atoms with Gasteiger partial charge < -0.3 is 0 Å². The van der Waals surface area contributed by atoms with Crippen molar-refractivity contribution in [2.24, 2.45) is 5.41 Å². The van der Waals surface area contributed by atoms with Crippen LogP contribution in [0.5, 0.6) is 0 Å². The predicted octanol–water partition coefficient (Wildman–Crippen LogP) is 5.47. The van der Waals surface area contributed by atoms with Crippen LogP contribution in [-0.2, 0) is 4.79 Å². The average Bonchev–Trinajstić information content (AvgIpc) is 2.86. The highest BCUT2D eigenvalue weighted by molar-refractivity contribution is 5.68. The topological polar surface area (TPSA) is 17.1 Å². The van der Waals surface area contributed by atoms with Crippen LogP contribution in [0.3, 0.4) is 0 Å². The van der Waals surface area contributed by atoms with E-state index in [4.69, 9.17) is 0 Å². The third kappa shape index (κ3) is 3.72. The lowest BCUT2D eigenvalue weighted by Crippen LogP contribution is -2.19. The van der Waals surface area contributed by atoms with Crippen molar-refractivity contribution in [1.29, 1.82) is 0 Å². The summed E-state index contributed by atoms with van der Waals surface area (Å²) >= 11 is 0. The number of carbonyl (C=O) groups is 1. The van der Waals surface area contributed by atoms with Crippen LogP contribution < -0.4 is 0 Å². The van der Waals surface area contributed by atoms with E-state index in [0.29, 0.717) is 0 Å². The van der Waals surface area contributed by atoms with Crippen LogP contribution in [0.4, 0.5) is 0 Å². The summed E-state index contributed by atoms with van der Waals surface area (Å²) in [5.74, 6) is 0. The molecule has 112 valence electrons. The molecule has 0 fully saturated rings. The molecule has 0 bridgehead atoms. The summed E-state index contributed by atoms with van der Waals surface area (Å²) in [6.45, 7) is 9.12. The maximum absolute atomic E-state index is 10.5. The molecule has 0 heterocycles. The van der Waals surface area contributed by atoms with Gasteiger partial charge in [-0.1, -0.05) is 43.7 Å². The van der Waals surface area contributed by atoms with Crippen LogP contribution in [-0.4, -0.2) is 6.29 Å². The van der Waals surface area contributed by atoms with Crippen molar-refractivity contribution in [3.8, 4) is 0 Å². The number of hydrogen-bond donors (Lipinski definition) is 0. The van der Waals surface area contributed by atoms with E-state index in [2.05, 4.69) is 45.9 Å². The molecule has 21 heavy (non-hydrogen) atoms. The van der Waals surface area contributed by atoms with E-state index in [1.54, 1.807) is 6.08 Å². The smallest absolute Gasteiger partial charge is 0.143 e. The van der Waals surface area contributed by atoms with Gasteiger partial charge in [-0.2, -0.15) is 0 Å². The molecular formula is C20H26O. The first-order valence-corrected chi connectivity index (χ1v) is 7.84. The summed E-state index contributed by atoms with van der Waals surface area (Å²) in [7, 11) is 0. The summed E-state index contributed by atoms with van der Waals surface area (Å²) in [5, 5.41) is 0. The SMILES string of the molecule is CC1=C(/C=C/C(C)=C2C=C/C(=C/C=O)C/2)C(C)(C)CCC1. The normalized spacial score (nSPS) is 26.0. The van der Waals surface area contributed by atoms with E-state index < -0.39 is 0 Å². The molecule has 2 rings (SSSR count). The molecule has 0 aromatic carbocycles. The van der Waals surface area contributed by atoms with Gasteiger partial charge in [-0.15, -0.1) is 0 Å². The molecule has 0 amide bonds. The summed E-state index contributed by atoms with van der Waals surface area (Å²) in [4.78, 5) is 10.5. The van der Waals surface area contributed by atoms with E-state index in [0.717, 1.165) is 18.3 Å². The third-order valence-electron chi connectivity index (χ3n) is 4.72. The Hall–Kier alpha value is -1.63. The van der Waals surface area contributed by atoms with Crippen LogP contribution in [0.25, 0.3) is 0 Å². The molecule has 0 saturated heterocycles. The lowest BCUT2D eigenvalue weighted by molar-refractivity contribution is -0.104. The Morgan fingerprint density at radius 1 is 1.29 bits per heavy atom. The molecule has 0 aromatic rings. The van der Waals surface area contributed by atoms with Gasteiger partial charge in [-0.05, 0) is 73.3 Å². The van der Waals surface area contributed by atoms with Crippen LogP contribution in [0.1, 0.15) is 53.4 Å². The first-order chi connectivity index (χ1) is 9.94. The minimum atomic E-state index is 0.290. The first kappa shape index (κ1) is 15.8. The number of rotatable bonds is 3. The van der Waals surface area contributed by atoms with Crippen LogP contribution in [0, 0.1) is 5.41 Å². The number of aldehydes is 1. The largest absolute Gasteiger partial charge is 0.299 e. The molecule has 2 aliphatic rings. The van der Waals surface area contributed by atoms with Crippen LogP contribution >= 0.6 is 0 Å². The zero-order valence-corrected chi connectivity index (χ0v) is 13.7. The molecule has 0 atom stereocenters. The Bertz CT molecular complexity index is 577. The van der Waals surface area contributed by atoms with Crippen molar-refractivity contribution in [2.75, 3.05) is 0 Å². The van der Waals surface area contributed by atoms with Crippen molar-refractivity contribution >= 4 is 6.29 Å². The van der Waals surface area contributed by atoms with Crippen molar-refractivity contribution in [3.05, 3.63) is 58.2 Å². The Balaban J connectivity index is 2.20.